The molecule has 4 aromatic carbocycles. The van der Waals surface area contributed by atoms with Gasteiger partial charge in [-0.15, -0.1) is 0 Å². The minimum atomic E-state index is 0.606. The first-order valence-electron chi connectivity index (χ1n) is 12.8. The fourth-order valence-electron chi connectivity index (χ4n) is 4.86. The molecule has 0 aliphatic carbocycles. The molecule has 0 radical (unpaired) electrons. The Hall–Kier alpha value is -5.42. The molecular formula is C34H23N5. The standard InChI is InChI=1S/C34H23N5/c1-2-6-23(7-3-1)24-11-15-26(16-12-24)30-20-31(39-34(38-30)32-21-35-22-37-32)27-17-13-25(14-18-27)29-10-4-8-28-9-5-19-36-33(28)29/h1-22H,(H,35,37). The second kappa shape index (κ2) is 9.80. The number of para-hydroxylation sites is 1. The second-order valence-electron chi connectivity index (χ2n) is 9.33. The molecule has 39 heavy (non-hydrogen) atoms. The number of hydrogen-bond acceptors (Lipinski definition) is 4. The summed E-state index contributed by atoms with van der Waals surface area (Å²) in [5, 5.41) is 1.13. The molecule has 5 heteroatoms. The number of aromatic nitrogens is 5. The quantitative estimate of drug-likeness (QED) is 0.259. The van der Waals surface area contributed by atoms with Crippen LogP contribution in [-0.2, 0) is 0 Å². The van der Waals surface area contributed by atoms with E-state index < -0.39 is 0 Å². The molecule has 0 saturated heterocycles. The van der Waals surface area contributed by atoms with E-state index in [0.717, 1.165) is 50.2 Å². The molecule has 0 saturated carbocycles. The van der Waals surface area contributed by atoms with Gasteiger partial charge in [0.25, 0.3) is 0 Å². The highest BCUT2D eigenvalue weighted by atomic mass is 15.0. The average molecular weight is 502 g/mol. The summed E-state index contributed by atoms with van der Waals surface area (Å²) in [4.78, 5) is 21.7. The highest BCUT2D eigenvalue weighted by molar-refractivity contribution is 5.93. The van der Waals surface area contributed by atoms with Crippen molar-refractivity contribution in [2.45, 2.75) is 0 Å². The molecule has 5 nitrogen and oxygen atoms in total. The molecule has 0 atom stereocenters. The van der Waals surface area contributed by atoms with Crippen molar-refractivity contribution < 1.29 is 0 Å². The molecule has 0 aliphatic rings. The number of H-pyrrole nitrogens is 1. The highest BCUT2D eigenvalue weighted by Gasteiger charge is 2.13. The molecule has 0 amide bonds. The first-order chi connectivity index (χ1) is 19.3. The van der Waals surface area contributed by atoms with Gasteiger partial charge in [-0.1, -0.05) is 103 Å². The lowest BCUT2D eigenvalue weighted by Gasteiger charge is -2.10. The third-order valence-corrected chi connectivity index (χ3v) is 6.88. The normalized spacial score (nSPS) is 11.1. The number of hydrogen-bond donors (Lipinski definition) is 1. The third kappa shape index (κ3) is 4.47. The summed E-state index contributed by atoms with van der Waals surface area (Å²) in [5.41, 5.74) is 10.1. The van der Waals surface area contributed by atoms with Crippen molar-refractivity contribution in [3.63, 3.8) is 0 Å². The zero-order chi connectivity index (χ0) is 26.0. The monoisotopic (exact) mass is 501 g/mol. The summed E-state index contributed by atoms with van der Waals surface area (Å²) in [5.74, 6) is 0.606. The Balaban J connectivity index is 1.28. The van der Waals surface area contributed by atoms with E-state index in [9.17, 15) is 0 Å². The molecule has 0 spiro atoms. The van der Waals surface area contributed by atoms with Crippen LogP contribution in [0.15, 0.2) is 134 Å². The number of fused-ring (bicyclic) bond motifs is 1. The number of nitrogens with zero attached hydrogens (tertiary/aromatic N) is 4. The van der Waals surface area contributed by atoms with Gasteiger partial charge in [0.2, 0.25) is 0 Å². The Labute approximate surface area is 225 Å². The summed E-state index contributed by atoms with van der Waals surface area (Å²) in [6, 6.07) is 39.7. The third-order valence-electron chi connectivity index (χ3n) is 6.88. The second-order valence-corrected chi connectivity index (χ2v) is 9.33. The Morgan fingerprint density at radius 2 is 1.18 bits per heavy atom. The van der Waals surface area contributed by atoms with Gasteiger partial charge in [-0.3, -0.25) is 4.98 Å². The maximum absolute atomic E-state index is 4.89. The van der Waals surface area contributed by atoms with Crippen LogP contribution in [0.5, 0.6) is 0 Å². The molecule has 7 rings (SSSR count). The average Bonchev–Trinajstić information content (AvgIpc) is 3.57. The number of rotatable bonds is 5. The fraction of sp³-hybridized carbons (Fsp3) is 0. The number of benzene rings is 4. The van der Waals surface area contributed by atoms with Crippen LogP contribution in [-0.4, -0.2) is 24.9 Å². The van der Waals surface area contributed by atoms with Crippen LogP contribution >= 0.6 is 0 Å². The molecule has 3 aromatic heterocycles. The van der Waals surface area contributed by atoms with Crippen molar-refractivity contribution in [1.29, 1.82) is 0 Å². The number of nitrogens with one attached hydrogen (secondary N) is 1. The van der Waals surface area contributed by atoms with Crippen molar-refractivity contribution in [2.24, 2.45) is 0 Å². The number of aromatic amines is 1. The molecule has 1 N–H and O–H groups in total. The summed E-state index contributed by atoms with van der Waals surface area (Å²) >= 11 is 0. The molecule has 7 aromatic rings. The van der Waals surface area contributed by atoms with E-state index in [-0.39, 0.29) is 0 Å². The summed E-state index contributed by atoms with van der Waals surface area (Å²) in [7, 11) is 0. The van der Waals surface area contributed by atoms with Gasteiger partial charge < -0.3 is 4.98 Å². The Bertz CT molecular complexity index is 1870. The van der Waals surface area contributed by atoms with Crippen LogP contribution in [0, 0.1) is 0 Å². The minimum absolute atomic E-state index is 0.606. The topological polar surface area (TPSA) is 67.3 Å². The molecule has 3 heterocycles. The van der Waals surface area contributed by atoms with Gasteiger partial charge in [0, 0.05) is 28.3 Å². The van der Waals surface area contributed by atoms with Gasteiger partial charge in [-0.25, -0.2) is 15.0 Å². The molecule has 0 unspecified atom stereocenters. The predicted octanol–water partition coefficient (Wildman–Crippen LogP) is 8.08. The smallest absolute Gasteiger partial charge is 0.178 e. The van der Waals surface area contributed by atoms with Gasteiger partial charge >= 0.3 is 0 Å². The van der Waals surface area contributed by atoms with Crippen molar-refractivity contribution in [1.82, 2.24) is 24.9 Å². The van der Waals surface area contributed by atoms with Crippen LogP contribution < -0.4 is 0 Å². The Morgan fingerprint density at radius 3 is 1.87 bits per heavy atom. The van der Waals surface area contributed by atoms with E-state index >= 15 is 0 Å². The van der Waals surface area contributed by atoms with Gasteiger partial charge in [0.15, 0.2) is 5.82 Å². The maximum Gasteiger partial charge on any atom is 0.178 e. The largest absolute Gasteiger partial charge is 0.342 e. The minimum Gasteiger partial charge on any atom is -0.342 e. The van der Waals surface area contributed by atoms with Gasteiger partial charge in [-0.2, -0.15) is 0 Å². The van der Waals surface area contributed by atoms with Gasteiger partial charge in [0.1, 0.15) is 5.69 Å². The van der Waals surface area contributed by atoms with Crippen molar-refractivity contribution in [2.75, 3.05) is 0 Å². The van der Waals surface area contributed by atoms with Crippen molar-refractivity contribution >= 4 is 10.9 Å². The number of imidazole rings is 1. The lowest BCUT2D eigenvalue weighted by Crippen LogP contribution is -1.96. The lowest BCUT2D eigenvalue weighted by molar-refractivity contribution is 1.16. The predicted molar refractivity (Wildman–Crippen MR) is 157 cm³/mol. The van der Waals surface area contributed by atoms with Crippen molar-refractivity contribution in [3.8, 4) is 56.3 Å². The fourth-order valence-corrected chi connectivity index (χ4v) is 4.86. The van der Waals surface area contributed by atoms with E-state index in [0.29, 0.717) is 5.82 Å². The highest BCUT2D eigenvalue weighted by Crippen LogP contribution is 2.31. The van der Waals surface area contributed by atoms with Crippen LogP contribution in [0.3, 0.4) is 0 Å². The lowest BCUT2D eigenvalue weighted by atomic mass is 9.99. The summed E-state index contributed by atoms with van der Waals surface area (Å²) < 4.78 is 0. The Morgan fingerprint density at radius 1 is 0.538 bits per heavy atom. The Kier molecular flexibility index (Phi) is 5.72. The van der Waals surface area contributed by atoms with E-state index in [1.165, 1.54) is 11.1 Å². The first-order valence-corrected chi connectivity index (χ1v) is 12.8. The first kappa shape index (κ1) is 22.8. The van der Waals surface area contributed by atoms with Gasteiger partial charge in [-0.05, 0) is 28.8 Å². The summed E-state index contributed by atoms with van der Waals surface area (Å²) in [6.45, 7) is 0. The molecule has 184 valence electrons. The molecule has 0 bridgehead atoms. The van der Waals surface area contributed by atoms with Gasteiger partial charge in [0.05, 0.1) is 29.4 Å². The van der Waals surface area contributed by atoms with Crippen LogP contribution in [0.25, 0.3) is 67.2 Å². The molecule has 0 aliphatic heterocycles. The van der Waals surface area contributed by atoms with Crippen molar-refractivity contribution in [3.05, 3.63) is 134 Å². The summed E-state index contributed by atoms with van der Waals surface area (Å²) in [6.07, 6.45) is 5.23. The van der Waals surface area contributed by atoms with E-state index in [2.05, 4.69) is 112 Å². The van der Waals surface area contributed by atoms with Crippen LogP contribution in [0.1, 0.15) is 0 Å². The van der Waals surface area contributed by atoms with E-state index in [4.69, 9.17) is 9.97 Å². The number of pyridine rings is 1. The maximum atomic E-state index is 4.89. The van der Waals surface area contributed by atoms with E-state index in [1.54, 1.807) is 12.5 Å². The SMILES string of the molecule is c1ccc(-c2ccc(-c3cc(-c4ccc(-c5cccc6cccnc56)cc4)nc(-c4cnc[nH]4)n3)cc2)cc1. The molecular weight excluding hydrogens is 478 g/mol. The zero-order valence-electron chi connectivity index (χ0n) is 21.0. The van der Waals surface area contributed by atoms with E-state index in [1.807, 2.05) is 24.4 Å². The van der Waals surface area contributed by atoms with Crippen LogP contribution in [0.2, 0.25) is 0 Å². The zero-order valence-corrected chi connectivity index (χ0v) is 21.0. The molecule has 0 fully saturated rings. The van der Waals surface area contributed by atoms with Crippen LogP contribution in [0.4, 0.5) is 0 Å².